The van der Waals surface area contributed by atoms with Crippen LogP contribution in [0.5, 0.6) is 0 Å². The third-order valence-electron chi connectivity index (χ3n) is 3.38. The standard InChI is InChI=1S/C14H12O3/c1-8(14(15)16)9-6-7-12-13(9)10-4-2-3-5-11(10)17-12/h2-9H,1H3,(H,15,16). The van der Waals surface area contributed by atoms with Crippen molar-refractivity contribution >= 4 is 23.0 Å². The van der Waals surface area contributed by atoms with Gasteiger partial charge in [0.25, 0.3) is 0 Å². The summed E-state index contributed by atoms with van der Waals surface area (Å²) in [4.78, 5) is 11.1. The molecular weight excluding hydrogens is 216 g/mol. The number of hydrogen-bond donors (Lipinski definition) is 1. The molecule has 1 heterocycles. The van der Waals surface area contributed by atoms with E-state index in [0.717, 1.165) is 22.3 Å². The minimum atomic E-state index is -0.780. The number of carboxylic acid groups (broad SMARTS) is 1. The van der Waals surface area contributed by atoms with Crippen molar-refractivity contribution in [1.29, 1.82) is 0 Å². The molecule has 2 aromatic rings. The first-order chi connectivity index (χ1) is 8.18. The Kier molecular flexibility index (Phi) is 2.08. The Bertz CT molecular complexity index is 621. The summed E-state index contributed by atoms with van der Waals surface area (Å²) < 4.78 is 5.69. The maximum absolute atomic E-state index is 11.1. The van der Waals surface area contributed by atoms with E-state index in [4.69, 9.17) is 9.52 Å². The molecule has 86 valence electrons. The van der Waals surface area contributed by atoms with Gasteiger partial charge in [-0.25, -0.2) is 0 Å². The average Bonchev–Trinajstić information content (AvgIpc) is 2.86. The SMILES string of the molecule is CC(C(=O)O)C1C=Cc2oc3ccccc3c21. The molecule has 2 unspecified atom stereocenters. The lowest BCUT2D eigenvalue weighted by molar-refractivity contribution is -0.141. The van der Waals surface area contributed by atoms with E-state index < -0.39 is 11.9 Å². The van der Waals surface area contributed by atoms with E-state index in [1.165, 1.54) is 0 Å². The summed E-state index contributed by atoms with van der Waals surface area (Å²) in [6, 6.07) is 7.75. The highest BCUT2D eigenvalue weighted by Gasteiger charge is 2.31. The maximum Gasteiger partial charge on any atom is 0.307 e. The number of hydrogen-bond acceptors (Lipinski definition) is 2. The summed E-state index contributed by atoms with van der Waals surface area (Å²) in [5.41, 5.74) is 1.83. The van der Waals surface area contributed by atoms with Crippen LogP contribution in [0.1, 0.15) is 24.2 Å². The monoisotopic (exact) mass is 228 g/mol. The van der Waals surface area contributed by atoms with Crippen LogP contribution < -0.4 is 0 Å². The van der Waals surface area contributed by atoms with Crippen molar-refractivity contribution in [1.82, 2.24) is 0 Å². The van der Waals surface area contributed by atoms with Crippen molar-refractivity contribution in [2.75, 3.05) is 0 Å². The quantitative estimate of drug-likeness (QED) is 0.858. The van der Waals surface area contributed by atoms with Gasteiger partial charge in [0.2, 0.25) is 0 Å². The van der Waals surface area contributed by atoms with Crippen LogP contribution in [0, 0.1) is 5.92 Å². The summed E-state index contributed by atoms with van der Waals surface area (Å²) in [5.74, 6) is -0.512. The van der Waals surface area contributed by atoms with Crippen LogP contribution in [-0.4, -0.2) is 11.1 Å². The van der Waals surface area contributed by atoms with Crippen LogP contribution >= 0.6 is 0 Å². The normalized spacial score (nSPS) is 19.5. The summed E-state index contributed by atoms with van der Waals surface area (Å²) in [6.45, 7) is 1.73. The molecule has 17 heavy (non-hydrogen) atoms. The van der Waals surface area contributed by atoms with Gasteiger partial charge in [-0.3, -0.25) is 4.79 Å². The zero-order valence-corrected chi connectivity index (χ0v) is 9.38. The minimum Gasteiger partial charge on any atom is -0.481 e. The number of carboxylic acids is 1. The molecule has 0 aliphatic heterocycles. The first-order valence-corrected chi connectivity index (χ1v) is 5.61. The molecule has 0 radical (unpaired) electrons. The molecule has 1 N–H and O–H groups in total. The van der Waals surface area contributed by atoms with Crippen LogP contribution in [0.25, 0.3) is 17.0 Å². The molecule has 0 amide bonds. The molecule has 3 rings (SSSR count). The topological polar surface area (TPSA) is 50.4 Å². The van der Waals surface area contributed by atoms with Crippen molar-refractivity contribution in [3.63, 3.8) is 0 Å². The van der Waals surface area contributed by atoms with Crippen LogP contribution in [0.2, 0.25) is 0 Å². The van der Waals surface area contributed by atoms with E-state index in [9.17, 15) is 4.79 Å². The number of allylic oxidation sites excluding steroid dienone is 1. The molecule has 2 atom stereocenters. The molecule has 0 saturated heterocycles. The molecule has 1 aliphatic carbocycles. The van der Waals surface area contributed by atoms with Crippen molar-refractivity contribution in [2.45, 2.75) is 12.8 Å². The van der Waals surface area contributed by atoms with Gasteiger partial charge in [0.05, 0.1) is 5.92 Å². The second kappa shape index (κ2) is 3.48. The van der Waals surface area contributed by atoms with Gasteiger partial charge in [-0.05, 0) is 12.1 Å². The number of benzene rings is 1. The molecule has 1 aliphatic rings. The predicted molar refractivity (Wildman–Crippen MR) is 64.8 cm³/mol. The molecule has 3 heteroatoms. The maximum atomic E-state index is 11.1. The lowest BCUT2D eigenvalue weighted by atomic mass is 9.89. The summed E-state index contributed by atoms with van der Waals surface area (Å²) in [7, 11) is 0. The first-order valence-electron chi connectivity index (χ1n) is 5.61. The highest BCUT2D eigenvalue weighted by Crippen LogP contribution is 2.41. The van der Waals surface area contributed by atoms with E-state index in [1.807, 2.05) is 36.4 Å². The van der Waals surface area contributed by atoms with Crippen LogP contribution in [0.4, 0.5) is 0 Å². The minimum absolute atomic E-state index is 0.0915. The van der Waals surface area contributed by atoms with Gasteiger partial charge < -0.3 is 9.52 Å². The number of para-hydroxylation sites is 1. The zero-order chi connectivity index (χ0) is 12.0. The van der Waals surface area contributed by atoms with E-state index in [2.05, 4.69) is 0 Å². The van der Waals surface area contributed by atoms with Crippen molar-refractivity contribution in [2.24, 2.45) is 5.92 Å². The van der Waals surface area contributed by atoms with E-state index >= 15 is 0 Å². The Morgan fingerprint density at radius 2 is 2.18 bits per heavy atom. The Balaban J connectivity index is 2.18. The highest BCUT2D eigenvalue weighted by molar-refractivity contribution is 5.89. The summed E-state index contributed by atoms with van der Waals surface area (Å²) in [6.07, 6.45) is 3.79. The molecule has 0 bridgehead atoms. The number of furan rings is 1. The second-order valence-electron chi connectivity index (χ2n) is 4.39. The molecule has 0 saturated carbocycles. The number of aliphatic carboxylic acids is 1. The van der Waals surface area contributed by atoms with Crippen molar-refractivity contribution < 1.29 is 14.3 Å². The second-order valence-corrected chi connectivity index (χ2v) is 4.39. The van der Waals surface area contributed by atoms with Gasteiger partial charge in [-0.2, -0.15) is 0 Å². The van der Waals surface area contributed by atoms with Crippen molar-refractivity contribution in [3.8, 4) is 0 Å². The third kappa shape index (κ3) is 1.39. The van der Waals surface area contributed by atoms with Crippen LogP contribution in [0.3, 0.4) is 0 Å². The smallest absolute Gasteiger partial charge is 0.307 e. The lowest BCUT2D eigenvalue weighted by Crippen LogP contribution is -2.16. The van der Waals surface area contributed by atoms with Gasteiger partial charge in [0.1, 0.15) is 11.3 Å². The zero-order valence-electron chi connectivity index (χ0n) is 9.38. The number of rotatable bonds is 2. The fourth-order valence-corrected chi connectivity index (χ4v) is 2.41. The Hall–Kier alpha value is -2.03. The number of fused-ring (bicyclic) bond motifs is 3. The molecule has 1 aromatic carbocycles. The fourth-order valence-electron chi connectivity index (χ4n) is 2.41. The molecular formula is C14H12O3. The van der Waals surface area contributed by atoms with Crippen LogP contribution in [-0.2, 0) is 4.79 Å². The number of carbonyl (C=O) groups is 1. The Labute approximate surface area is 98.4 Å². The molecule has 0 spiro atoms. The third-order valence-corrected chi connectivity index (χ3v) is 3.38. The fraction of sp³-hybridized carbons (Fsp3) is 0.214. The van der Waals surface area contributed by atoms with Gasteiger partial charge in [-0.1, -0.05) is 31.2 Å². The molecule has 0 fully saturated rings. The van der Waals surface area contributed by atoms with Gasteiger partial charge >= 0.3 is 5.97 Å². The van der Waals surface area contributed by atoms with Crippen molar-refractivity contribution in [3.05, 3.63) is 41.7 Å². The van der Waals surface area contributed by atoms with E-state index in [0.29, 0.717) is 0 Å². The summed E-state index contributed by atoms with van der Waals surface area (Å²) in [5, 5.41) is 10.1. The van der Waals surface area contributed by atoms with E-state index in [1.54, 1.807) is 6.92 Å². The van der Waals surface area contributed by atoms with Crippen LogP contribution in [0.15, 0.2) is 34.8 Å². The largest absolute Gasteiger partial charge is 0.481 e. The Morgan fingerprint density at radius 3 is 2.94 bits per heavy atom. The molecule has 3 nitrogen and oxygen atoms in total. The lowest BCUT2D eigenvalue weighted by Gasteiger charge is -2.13. The molecule has 1 aromatic heterocycles. The average molecular weight is 228 g/mol. The van der Waals surface area contributed by atoms with Gasteiger partial charge in [-0.15, -0.1) is 0 Å². The highest BCUT2D eigenvalue weighted by atomic mass is 16.4. The Morgan fingerprint density at radius 1 is 1.41 bits per heavy atom. The predicted octanol–water partition coefficient (Wildman–Crippen LogP) is 3.26. The van der Waals surface area contributed by atoms with E-state index in [-0.39, 0.29) is 5.92 Å². The summed E-state index contributed by atoms with van der Waals surface area (Å²) >= 11 is 0. The van der Waals surface area contributed by atoms with Gasteiger partial charge in [0, 0.05) is 16.9 Å². The van der Waals surface area contributed by atoms with Gasteiger partial charge in [0.15, 0.2) is 0 Å². The first kappa shape index (κ1) is 10.1.